The number of hydrogen-bond acceptors (Lipinski definition) is 6. The minimum atomic E-state index is -4.32. The first kappa shape index (κ1) is 20.8. The number of rotatable bonds is 5. The highest BCUT2D eigenvalue weighted by Crippen LogP contribution is 2.28. The fourth-order valence-electron chi connectivity index (χ4n) is 3.94. The van der Waals surface area contributed by atoms with Gasteiger partial charge < -0.3 is 9.47 Å². The molecule has 10 heteroatoms. The molecule has 0 N–H and O–H groups in total. The summed E-state index contributed by atoms with van der Waals surface area (Å²) in [4.78, 5) is 26.7. The molecule has 0 saturated carbocycles. The molecule has 0 aliphatic carbocycles. The van der Waals surface area contributed by atoms with Crippen LogP contribution in [0.25, 0.3) is 10.2 Å². The lowest BCUT2D eigenvalue weighted by molar-refractivity contribution is -0.141. The minimum absolute atomic E-state index is 0.146. The van der Waals surface area contributed by atoms with Gasteiger partial charge in [0, 0.05) is 43.1 Å². The summed E-state index contributed by atoms with van der Waals surface area (Å²) < 4.78 is 39.6. The van der Waals surface area contributed by atoms with Crippen molar-refractivity contribution in [2.75, 3.05) is 37.6 Å². The molecule has 0 amide bonds. The normalized spacial score (nSPS) is 15.8. The molecule has 0 aromatic carbocycles. The van der Waals surface area contributed by atoms with Crippen LogP contribution >= 0.6 is 11.3 Å². The van der Waals surface area contributed by atoms with E-state index in [-0.39, 0.29) is 12.3 Å². The van der Waals surface area contributed by atoms with Gasteiger partial charge in [-0.2, -0.15) is 13.2 Å². The molecule has 30 heavy (non-hydrogen) atoms. The highest BCUT2D eigenvalue weighted by molar-refractivity contribution is 7.16. The van der Waals surface area contributed by atoms with Gasteiger partial charge in [0.1, 0.15) is 23.5 Å². The van der Waals surface area contributed by atoms with Crippen LogP contribution in [0.1, 0.15) is 21.7 Å². The zero-order valence-corrected chi connectivity index (χ0v) is 17.6. The number of anilines is 1. The number of halogens is 3. The van der Waals surface area contributed by atoms with Gasteiger partial charge in [0.15, 0.2) is 5.78 Å². The van der Waals surface area contributed by atoms with E-state index in [1.807, 2.05) is 16.3 Å². The third kappa shape index (κ3) is 4.20. The summed E-state index contributed by atoms with van der Waals surface area (Å²) >= 11 is 1.57. The molecule has 1 aliphatic heterocycles. The number of thiophene rings is 1. The zero-order valence-electron chi connectivity index (χ0n) is 16.7. The summed E-state index contributed by atoms with van der Waals surface area (Å²) in [6.07, 6.45) is -2.75. The lowest BCUT2D eigenvalue weighted by atomic mass is 10.1. The second kappa shape index (κ2) is 7.99. The first-order chi connectivity index (χ1) is 14.2. The largest absolute Gasteiger partial charge is 0.406 e. The molecule has 0 radical (unpaired) electrons. The third-order valence-electron chi connectivity index (χ3n) is 5.49. The molecule has 0 unspecified atom stereocenters. The molecule has 1 fully saturated rings. The van der Waals surface area contributed by atoms with E-state index in [0.29, 0.717) is 30.0 Å². The van der Waals surface area contributed by atoms with Crippen LogP contribution in [0.4, 0.5) is 19.0 Å². The predicted molar refractivity (Wildman–Crippen MR) is 110 cm³/mol. The number of piperazine rings is 1. The van der Waals surface area contributed by atoms with Gasteiger partial charge in [-0.25, -0.2) is 9.97 Å². The first-order valence-electron chi connectivity index (χ1n) is 9.65. The second-order valence-corrected chi connectivity index (χ2v) is 8.40. The number of Topliss-reactive ketones (excluding diaryl/α,β-unsaturated/α-hetero) is 1. The maximum atomic E-state index is 12.8. The van der Waals surface area contributed by atoms with Crippen LogP contribution in [0.5, 0.6) is 0 Å². The Morgan fingerprint density at radius 2 is 1.90 bits per heavy atom. The SMILES string of the molecule is Cc1cc(C(=O)CN2CCN(c3ncnc4sccc34)CC2)c(C)n1CC(F)(F)F. The lowest BCUT2D eigenvalue weighted by Gasteiger charge is -2.35. The molecule has 0 spiro atoms. The number of alkyl halides is 3. The molecule has 6 nitrogen and oxygen atoms in total. The molecule has 1 aliphatic rings. The van der Waals surface area contributed by atoms with Crippen LogP contribution in [-0.4, -0.2) is 64.1 Å². The van der Waals surface area contributed by atoms with Gasteiger partial charge in [0.05, 0.1) is 11.9 Å². The van der Waals surface area contributed by atoms with Crippen molar-refractivity contribution in [1.82, 2.24) is 19.4 Å². The molecule has 4 rings (SSSR count). The standard InChI is InChI=1S/C20H22F3N5OS/c1-13-9-16(14(2)28(13)11-20(21,22)23)17(29)10-26-4-6-27(7-5-26)18-15-3-8-30-19(15)25-12-24-18/h3,8-9,12H,4-7,10-11H2,1-2H3. The van der Waals surface area contributed by atoms with Crippen LogP contribution in [0.15, 0.2) is 23.8 Å². The van der Waals surface area contributed by atoms with E-state index in [4.69, 9.17) is 0 Å². The van der Waals surface area contributed by atoms with Crippen LogP contribution < -0.4 is 4.90 Å². The second-order valence-electron chi connectivity index (χ2n) is 7.51. The van der Waals surface area contributed by atoms with Gasteiger partial charge in [-0.1, -0.05) is 0 Å². The van der Waals surface area contributed by atoms with Crippen LogP contribution in [0.3, 0.4) is 0 Å². The van der Waals surface area contributed by atoms with Crippen LogP contribution in [-0.2, 0) is 6.54 Å². The molecular weight excluding hydrogens is 415 g/mol. The number of aromatic nitrogens is 3. The van der Waals surface area contributed by atoms with Gasteiger partial charge in [-0.3, -0.25) is 9.69 Å². The zero-order chi connectivity index (χ0) is 21.5. The van der Waals surface area contributed by atoms with Gasteiger partial charge >= 0.3 is 6.18 Å². The van der Waals surface area contributed by atoms with Crippen molar-refractivity contribution in [2.45, 2.75) is 26.6 Å². The Bertz CT molecular complexity index is 1070. The Morgan fingerprint density at radius 3 is 2.60 bits per heavy atom. The lowest BCUT2D eigenvalue weighted by Crippen LogP contribution is -2.48. The molecule has 0 atom stereocenters. The molecule has 3 aromatic heterocycles. The van der Waals surface area contributed by atoms with E-state index >= 15 is 0 Å². The van der Waals surface area contributed by atoms with Crippen LogP contribution in [0.2, 0.25) is 0 Å². The van der Waals surface area contributed by atoms with Gasteiger partial charge in [-0.05, 0) is 31.4 Å². The number of hydrogen-bond donors (Lipinski definition) is 0. The molecular formula is C20H22F3N5OS. The Balaban J connectivity index is 1.40. The topological polar surface area (TPSA) is 54.3 Å². The van der Waals surface area contributed by atoms with E-state index in [1.54, 1.807) is 37.6 Å². The van der Waals surface area contributed by atoms with Gasteiger partial charge in [0.2, 0.25) is 0 Å². The van der Waals surface area contributed by atoms with Gasteiger partial charge in [0.25, 0.3) is 0 Å². The summed E-state index contributed by atoms with van der Waals surface area (Å²) in [5.41, 5.74) is 1.19. The summed E-state index contributed by atoms with van der Waals surface area (Å²) in [7, 11) is 0. The Kier molecular flexibility index (Phi) is 5.54. The predicted octanol–water partition coefficient (Wildman–Crippen LogP) is 3.68. The quantitative estimate of drug-likeness (QED) is 0.570. The fourth-order valence-corrected chi connectivity index (χ4v) is 4.67. The molecule has 4 heterocycles. The Hall–Kier alpha value is -2.46. The van der Waals surface area contributed by atoms with E-state index in [9.17, 15) is 18.0 Å². The highest BCUT2D eigenvalue weighted by Gasteiger charge is 2.31. The average Bonchev–Trinajstić information content (AvgIpc) is 3.27. The van der Waals surface area contributed by atoms with Crippen molar-refractivity contribution in [1.29, 1.82) is 0 Å². The number of carbonyl (C=O) groups is 1. The van der Waals surface area contributed by atoms with Crippen molar-refractivity contribution in [3.05, 3.63) is 40.8 Å². The minimum Gasteiger partial charge on any atom is -0.353 e. The number of ketones is 1. The highest BCUT2D eigenvalue weighted by atomic mass is 32.1. The summed E-state index contributed by atoms with van der Waals surface area (Å²) in [6, 6.07) is 3.58. The number of aryl methyl sites for hydroxylation is 1. The average molecular weight is 437 g/mol. The van der Waals surface area contributed by atoms with Crippen molar-refractivity contribution in [3.63, 3.8) is 0 Å². The number of fused-ring (bicyclic) bond motifs is 1. The number of carbonyl (C=O) groups excluding carboxylic acids is 1. The third-order valence-corrected chi connectivity index (χ3v) is 6.31. The monoisotopic (exact) mass is 437 g/mol. The van der Waals surface area contributed by atoms with Crippen LogP contribution in [0, 0.1) is 13.8 Å². The van der Waals surface area contributed by atoms with E-state index < -0.39 is 12.7 Å². The maximum Gasteiger partial charge on any atom is 0.406 e. The number of nitrogens with zero attached hydrogens (tertiary/aromatic N) is 5. The molecule has 1 saturated heterocycles. The smallest absolute Gasteiger partial charge is 0.353 e. The van der Waals surface area contributed by atoms with E-state index in [1.165, 1.54) is 0 Å². The fraction of sp³-hybridized carbons (Fsp3) is 0.450. The van der Waals surface area contributed by atoms with E-state index in [0.717, 1.165) is 33.7 Å². The van der Waals surface area contributed by atoms with Crippen molar-refractivity contribution >= 4 is 33.2 Å². The summed E-state index contributed by atoms with van der Waals surface area (Å²) in [6.45, 7) is 5.11. The van der Waals surface area contributed by atoms with Gasteiger partial charge in [-0.15, -0.1) is 11.3 Å². The van der Waals surface area contributed by atoms with Crippen molar-refractivity contribution < 1.29 is 18.0 Å². The van der Waals surface area contributed by atoms with Crippen molar-refractivity contribution in [2.24, 2.45) is 0 Å². The van der Waals surface area contributed by atoms with E-state index in [2.05, 4.69) is 14.9 Å². The first-order valence-corrected chi connectivity index (χ1v) is 10.5. The Morgan fingerprint density at radius 1 is 1.17 bits per heavy atom. The van der Waals surface area contributed by atoms with Crippen molar-refractivity contribution in [3.8, 4) is 0 Å². The summed E-state index contributed by atoms with van der Waals surface area (Å²) in [5.74, 6) is 0.759. The Labute approximate surface area is 175 Å². The molecule has 3 aromatic rings. The summed E-state index contributed by atoms with van der Waals surface area (Å²) in [5, 5.41) is 3.02. The molecule has 160 valence electrons. The maximum absolute atomic E-state index is 12.8. The molecule has 0 bridgehead atoms.